The number of H-pyrrole nitrogens is 1. The van der Waals surface area contributed by atoms with Crippen LogP contribution in [0.5, 0.6) is 0 Å². The van der Waals surface area contributed by atoms with Gasteiger partial charge in [-0.1, -0.05) is 68.5 Å². The van der Waals surface area contributed by atoms with Crippen LogP contribution in [-0.2, 0) is 5.41 Å². The molecular formula is C31H33N3O3. The molecule has 0 bridgehead atoms. The third kappa shape index (κ3) is 3.36. The number of nitrogens with one attached hydrogen (secondary N) is 1. The average molecular weight is 496 g/mol. The number of para-hydroxylation sites is 1. The van der Waals surface area contributed by atoms with Crippen LogP contribution in [0.4, 0.5) is 5.69 Å². The van der Waals surface area contributed by atoms with E-state index in [4.69, 9.17) is 0 Å². The van der Waals surface area contributed by atoms with Crippen molar-refractivity contribution in [3.8, 4) is 5.69 Å². The first kappa shape index (κ1) is 23.8. The molecule has 0 spiro atoms. The lowest BCUT2D eigenvalue weighted by molar-refractivity contribution is -0.0952. The lowest BCUT2D eigenvalue weighted by Crippen LogP contribution is -2.54. The highest BCUT2D eigenvalue weighted by molar-refractivity contribution is 5.94. The number of aromatic nitrogens is 2. The molecule has 6 nitrogen and oxygen atoms in total. The van der Waals surface area contributed by atoms with Crippen molar-refractivity contribution < 1.29 is 10.2 Å². The number of aliphatic hydroxyl groups excluding tert-OH is 2. The van der Waals surface area contributed by atoms with Crippen LogP contribution in [0.3, 0.4) is 0 Å². The number of likely N-dealkylation sites (N-methyl/N-ethyl adjacent to an activating group) is 1. The predicted molar refractivity (Wildman–Crippen MR) is 147 cm³/mol. The van der Waals surface area contributed by atoms with E-state index >= 15 is 0 Å². The number of hydrogen-bond acceptors (Lipinski definition) is 4. The van der Waals surface area contributed by atoms with E-state index in [1.807, 2.05) is 43.3 Å². The zero-order valence-corrected chi connectivity index (χ0v) is 21.6. The number of allylic oxidation sites excluding steroid dienone is 1. The first-order valence-corrected chi connectivity index (χ1v) is 13.0. The molecule has 2 aliphatic rings. The number of benzene rings is 3. The molecule has 190 valence electrons. The second-order valence-corrected chi connectivity index (χ2v) is 10.8. The van der Waals surface area contributed by atoms with Crippen LogP contribution in [0.15, 0.2) is 83.3 Å². The second-order valence-electron chi connectivity index (χ2n) is 10.8. The molecule has 1 aliphatic heterocycles. The summed E-state index contributed by atoms with van der Waals surface area (Å²) in [5, 5.41) is 28.2. The van der Waals surface area contributed by atoms with E-state index in [1.165, 1.54) is 26.7 Å². The normalized spacial score (nSPS) is 25.5. The van der Waals surface area contributed by atoms with Gasteiger partial charge in [-0.05, 0) is 48.4 Å². The molecule has 0 radical (unpaired) electrons. The summed E-state index contributed by atoms with van der Waals surface area (Å²) in [6, 6.07) is 22.1. The van der Waals surface area contributed by atoms with E-state index in [0.29, 0.717) is 11.3 Å². The summed E-state index contributed by atoms with van der Waals surface area (Å²) in [5.74, 6) is -1.11. The van der Waals surface area contributed by atoms with Crippen LogP contribution in [0.25, 0.3) is 16.5 Å². The van der Waals surface area contributed by atoms with Crippen LogP contribution in [-0.4, -0.2) is 38.7 Å². The van der Waals surface area contributed by atoms with E-state index in [1.54, 1.807) is 0 Å². The Morgan fingerprint density at radius 3 is 2.35 bits per heavy atom. The fourth-order valence-electron chi connectivity index (χ4n) is 6.55. The van der Waals surface area contributed by atoms with E-state index in [0.717, 1.165) is 17.9 Å². The SMILES string of the molecule is CCN1/C(=C/C2C(O)C(c3c(C)[nH]n(-c4ccccc4)c3=O)C2O)C(C)(C)c2c1ccc1ccccc21. The van der Waals surface area contributed by atoms with Gasteiger partial charge < -0.3 is 15.1 Å². The second kappa shape index (κ2) is 8.47. The number of anilines is 1. The predicted octanol–water partition coefficient (Wildman–Crippen LogP) is 4.76. The minimum absolute atomic E-state index is 0.229. The van der Waals surface area contributed by atoms with Crippen molar-refractivity contribution in [3.05, 3.63) is 106 Å². The van der Waals surface area contributed by atoms with Gasteiger partial charge in [0.05, 0.1) is 17.9 Å². The van der Waals surface area contributed by atoms with Crippen LogP contribution in [0.1, 0.15) is 43.5 Å². The quantitative estimate of drug-likeness (QED) is 0.381. The summed E-state index contributed by atoms with van der Waals surface area (Å²) in [6.07, 6.45) is 0.328. The van der Waals surface area contributed by atoms with E-state index in [-0.39, 0.29) is 11.0 Å². The molecule has 1 aromatic heterocycles. The maximum atomic E-state index is 13.3. The molecular weight excluding hydrogens is 462 g/mol. The van der Waals surface area contributed by atoms with Gasteiger partial charge in [-0.2, -0.15) is 0 Å². The van der Waals surface area contributed by atoms with Crippen molar-refractivity contribution in [2.24, 2.45) is 5.92 Å². The van der Waals surface area contributed by atoms with E-state index < -0.39 is 24.0 Å². The summed E-state index contributed by atoms with van der Waals surface area (Å²) in [7, 11) is 0. The number of nitrogens with zero attached hydrogens (tertiary/aromatic N) is 2. The molecule has 3 aromatic carbocycles. The zero-order chi connectivity index (χ0) is 26.1. The fourth-order valence-corrected chi connectivity index (χ4v) is 6.55. The van der Waals surface area contributed by atoms with Crippen molar-refractivity contribution >= 4 is 16.5 Å². The number of rotatable bonds is 4. The molecule has 37 heavy (non-hydrogen) atoms. The molecule has 0 amide bonds. The Hall–Kier alpha value is -3.61. The first-order chi connectivity index (χ1) is 17.8. The van der Waals surface area contributed by atoms with Crippen LogP contribution in [0, 0.1) is 12.8 Å². The van der Waals surface area contributed by atoms with Crippen molar-refractivity contribution in [2.75, 3.05) is 11.4 Å². The molecule has 4 aromatic rings. The number of hydrogen-bond donors (Lipinski definition) is 3. The highest BCUT2D eigenvalue weighted by atomic mass is 16.3. The van der Waals surface area contributed by atoms with Gasteiger partial charge in [0.1, 0.15) is 0 Å². The number of fused-ring (bicyclic) bond motifs is 3. The van der Waals surface area contributed by atoms with E-state index in [9.17, 15) is 15.0 Å². The topological polar surface area (TPSA) is 81.5 Å². The zero-order valence-electron chi connectivity index (χ0n) is 21.6. The summed E-state index contributed by atoms with van der Waals surface area (Å²) < 4.78 is 1.48. The van der Waals surface area contributed by atoms with Gasteiger partial charge in [0.15, 0.2) is 0 Å². The Morgan fingerprint density at radius 1 is 0.973 bits per heavy atom. The van der Waals surface area contributed by atoms with Gasteiger partial charge in [0, 0.05) is 46.4 Å². The van der Waals surface area contributed by atoms with Crippen molar-refractivity contribution in [1.82, 2.24) is 9.78 Å². The minimum atomic E-state index is -0.858. The van der Waals surface area contributed by atoms with Crippen LogP contribution in [0.2, 0.25) is 0 Å². The Labute approximate surface area is 216 Å². The van der Waals surface area contributed by atoms with Gasteiger partial charge in [0.2, 0.25) is 0 Å². The molecule has 6 rings (SSSR count). The molecule has 3 N–H and O–H groups in total. The Bertz CT molecular complexity index is 1570. The minimum Gasteiger partial charge on any atom is -0.392 e. The lowest BCUT2D eigenvalue weighted by Gasteiger charge is -2.45. The Balaban J connectivity index is 1.37. The summed E-state index contributed by atoms with van der Waals surface area (Å²) >= 11 is 0. The third-order valence-electron chi connectivity index (χ3n) is 8.41. The van der Waals surface area contributed by atoms with Gasteiger partial charge in [-0.25, -0.2) is 4.68 Å². The van der Waals surface area contributed by atoms with Gasteiger partial charge in [-0.15, -0.1) is 0 Å². The maximum absolute atomic E-state index is 13.3. The van der Waals surface area contributed by atoms with Crippen LogP contribution >= 0.6 is 0 Å². The third-order valence-corrected chi connectivity index (χ3v) is 8.41. The average Bonchev–Trinajstić information content (AvgIpc) is 3.32. The number of aryl methyl sites for hydroxylation is 1. The Kier molecular flexibility index (Phi) is 5.44. The standard InChI is InChI=1S/C31H33N3O3/c1-5-33-23-16-15-19-11-9-10-14-21(19)27(23)31(3,4)24(33)17-22-28(35)26(29(22)36)25-18(2)32-34(30(25)37)20-12-7-6-8-13-20/h6-17,22,26,28-29,32,35-36H,5H2,1-4H3/b24-17+. The largest absolute Gasteiger partial charge is 0.392 e. The van der Waals surface area contributed by atoms with Crippen molar-refractivity contribution in [2.45, 2.75) is 51.2 Å². The monoisotopic (exact) mass is 495 g/mol. The number of aliphatic hydroxyl groups is 2. The smallest absolute Gasteiger partial charge is 0.275 e. The van der Waals surface area contributed by atoms with Crippen molar-refractivity contribution in [1.29, 1.82) is 0 Å². The highest BCUT2D eigenvalue weighted by Crippen LogP contribution is 2.52. The lowest BCUT2D eigenvalue weighted by atomic mass is 9.64. The molecule has 2 atom stereocenters. The molecule has 1 aliphatic carbocycles. The van der Waals surface area contributed by atoms with Gasteiger partial charge >= 0.3 is 0 Å². The number of aromatic amines is 1. The Morgan fingerprint density at radius 2 is 1.65 bits per heavy atom. The van der Waals surface area contributed by atoms with Gasteiger partial charge in [0.25, 0.3) is 5.56 Å². The highest BCUT2D eigenvalue weighted by Gasteiger charge is 2.52. The molecule has 0 saturated heterocycles. The first-order valence-electron chi connectivity index (χ1n) is 13.0. The summed E-state index contributed by atoms with van der Waals surface area (Å²) in [6.45, 7) is 9.15. The molecule has 6 heteroatoms. The van der Waals surface area contributed by atoms with E-state index in [2.05, 4.69) is 67.2 Å². The molecule has 2 heterocycles. The van der Waals surface area contributed by atoms with Gasteiger partial charge in [-0.3, -0.25) is 9.89 Å². The van der Waals surface area contributed by atoms with Crippen LogP contribution < -0.4 is 10.5 Å². The molecule has 1 saturated carbocycles. The van der Waals surface area contributed by atoms with Crippen molar-refractivity contribution in [3.63, 3.8) is 0 Å². The fraction of sp³-hybridized carbons (Fsp3) is 0.323. The maximum Gasteiger partial charge on any atom is 0.275 e. The molecule has 1 fully saturated rings. The summed E-state index contributed by atoms with van der Waals surface area (Å²) in [4.78, 5) is 15.6. The molecule has 2 unspecified atom stereocenters. The summed E-state index contributed by atoms with van der Waals surface area (Å²) in [5.41, 5.74) is 4.82.